The van der Waals surface area contributed by atoms with Crippen molar-refractivity contribution in [3.05, 3.63) is 29.3 Å². The standard InChI is InChI=1S/C16H25NO/c1-12(2)14-7-6-13(10-15(14)18-3)16(11-17)8-4-5-9-16/h6-7,10,12H,4-5,8-9,11,17H2,1-3H3. The maximum absolute atomic E-state index is 6.05. The summed E-state index contributed by atoms with van der Waals surface area (Å²) in [5, 5.41) is 0. The predicted molar refractivity (Wildman–Crippen MR) is 76.3 cm³/mol. The topological polar surface area (TPSA) is 35.2 Å². The Morgan fingerprint density at radius 2 is 1.94 bits per heavy atom. The van der Waals surface area contributed by atoms with Crippen molar-refractivity contribution < 1.29 is 4.74 Å². The fraction of sp³-hybridized carbons (Fsp3) is 0.625. The van der Waals surface area contributed by atoms with Gasteiger partial charge in [0.15, 0.2) is 0 Å². The molecular formula is C16H25NO. The van der Waals surface area contributed by atoms with Crippen LogP contribution in [-0.2, 0) is 5.41 Å². The van der Waals surface area contributed by atoms with Gasteiger partial charge in [0.2, 0.25) is 0 Å². The molecule has 1 fully saturated rings. The SMILES string of the molecule is COc1cc(C2(CN)CCCC2)ccc1C(C)C. The van der Waals surface area contributed by atoms with Crippen molar-refractivity contribution in [2.45, 2.75) is 50.9 Å². The first kappa shape index (κ1) is 13.4. The zero-order chi connectivity index (χ0) is 13.2. The van der Waals surface area contributed by atoms with Crippen molar-refractivity contribution in [3.63, 3.8) is 0 Å². The molecule has 0 radical (unpaired) electrons. The second-order valence-electron chi connectivity index (χ2n) is 5.80. The van der Waals surface area contributed by atoms with Crippen LogP contribution in [0.5, 0.6) is 5.75 Å². The largest absolute Gasteiger partial charge is 0.496 e. The minimum atomic E-state index is 0.197. The lowest BCUT2D eigenvalue weighted by Gasteiger charge is -2.29. The van der Waals surface area contributed by atoms with Crippen LogP contribution in [-0.4, -0.2) is 13.7 Å². The van der Waals surface area contributed by atoms with Gasteiger partial charge in [0, 0.05) is 12.0 Å². The molecule has 0 unspecified atom stereocenters. The molecule has 1 aromatic carbocycles. The molecule has 0 heterocycles. The molecule has 2 N–H and O–H groups in total. The highest BCUT2D eigenvalue weighted by atomic mass is 16.5. The average molecular weight is 247 g/mol. The van der Waals surface area contributed by atoms with Gasteiger partial charge >= 0.3 is 0 Å². The van der Waals surface area contributed by atoms with E-state index in [0.717, 1.165) is 12.3 Å². The third kappa shape index (κ3) is 2.26. The van der Waals surface area contributed by atoms with Crippen LogP contribution in [0.2, 0.25) is 0 Å². The molecule has 1 aromatic rings. The number of ether oxygens (including phenoxy) is 1. The Hall–Kier alpha value is -1.02. The third-order valence-electron chi connectivity index (χ3n) is 4.42. The van der Waals surface area contributed by atoms with Crippen molar-refractivity contribution in [1.82, 2.24) is 0 Å². The highest BCUT2D eigenvalue weighted by molar-refractivity contribution is 5.42. The van der Waals surface area contributed by atoms with Crippen LogP contribution in [0, 0.1) is 0 Å². The zero-order valence-electron chi connectivity index (χ0n) is 11.8. The van der Waals surface area contributed by atoms with Crippen LogP contribution in [0.3, 0.4) is 0 Å². The van der Waals surface area contributed by atoms with E-state index < -0.39 is 0 Å². The number of hydrogen-bond donors (Lipinski definition) is 1. The van der Waals surface area contributed by atoms with Crippen molar-refractivity contribution in [2.75, 3.05) is 13.7 Å². The van der Waals surface area contributed by atoms with Crippen LogP contribution in [0.1, 0.15) is 56.6 Å². The molecule has 2 rings (SSSR count). The lowest BCUT2D eigenvalue weighted by Crippen LogP contribution is -2.32. The molecule has 2 heteroatoms. The summed E-state index contributed by atoms with van der Waals surface area (Å²) < 4.78 is 5.56. The minimum absolute atomic E-state index is 0.197. The summed E-state index contributed by atoms with van der Waals surface area (Å²) in [5.74, 6) is 1.51. The second-order valence-corrected chi connectivity index (χ2v) is 5.80. The van der Waals surface area contributed by atoms with Gasteiger partial charge in [0.25, 0.3) is 0 Å². The van der Waals surface area contributed by atoms with Gasteiger partial charge in [-0.25, -0.2) is 0 Å². The fourth-order valence-electron chi connectivity index (χ4n) is 3.18. The van der Waals surface area contributed by atoms with Gasteiger partial charge < -0.3 is 10.5 Å². The first-order valence-electron chi connectivity index (χ1n) is 7.01. The highest BCUT2D eigenvalue weighted by Gasteiger charge is 2.34. The summed E-state index contributed by atoms with van der Waals surface area (Å²) >= 11 is 0. The maximum Gasteiger partial charge on any atom is 0.122 e. The van der Waals surface area contributed by atoms with Gasteiger partial charge in [-0.3, -0.25) is 0 Å². The molecule has 0 atom stereocenters. The Labute approximate surface area is 111 Å². The van der Waals surface area contributed by atoms with Crippen molar-refractivity contribution in [3.8, 4) is 5.75 Å². The summed E-state index contributed by atoms with van der Waals surface area (Å²) in [4.78, 5) is 0. The lowest BCUT2D eigenvalue weighted by molar-refractivity contribution is 0.401. The first-order chi connectivity index (χ1) is 8.63. The molecule has 100 valence electrons. The summed E-state index contributed by atoms with van der Waals surface area (Å²) in [6.45, 7) is 5.15. The average Bonchev–Trinajstić information content (AvgIpc) is 2.87. The Bertz CT molecular complexity index is 406. The van der Waals surface area contributed by atoms with Crippen LogP contribution < -0.4 is 10.5 Å². The Morgan fingerprint density at radius 1 is 1.28 bits per heavy atom. The van der Waals surface area contributed by atoms with E-state index in [0.29, 0.717) is 5.92 Å². The second kappa shape index (κ2) is 5.31. The highest BCUT2D eigenvalue weighted by Crippen LogP contribution is 2.42. The number of hydrogen-bond acceptors (Lipinski definition) is 2. The molecule has 0 aromatic heterocycles. The lowest BCUT2D eigenvalue weighted by atomic mass is 9.78. The van der Waals surface area contributed by atoms with E-state index in [1.807, 2.05) is 0 Å². The molecule has 1 aliphatic carbocycles. The third-order valence-corrected chi connectivity index (χ3v) is 4.42. The summed E-state index contributed by atoms with van der Waals surface area (Å²) in [6.07, 6.45) is 5.03. The van der Waals surface area contributed by atoms with Gasteiger partial charge in [0.05, 0.1) is 7.11 Å². The van der Waals surface area contributed by atoms with Gasteiger partial charge in [0.1, 0.15) is 5.75 Å². The number of methoxy groups -OCH3 is 1. The van der Waals surface area contributed by atoms with E-state index in [4.69, 9.17) is 10.5 Å². The van der Waals surface area contributed by atoms with E-state index in [-0.39, 0.29) is 5.41 Å². The van der Waals surface area contributed by atoms with Crippen LogP contribution >= 0.6 is 0 Å². The monoisotopic (exact) mass is 247 g/mol. The molecule has 0 bridgehead atoms. The number of rotatable bonds is 4. The van der Waals surface area contributed by atoms with Crippen LogP contribution in [0.4, 0.5) is 0 Å². The molecule has 1 aliphatic rings. The first-order valence-corrected chi connectivity index (χ1v) is 7.01. The summed E-state index contributed by atoms with van der Waals surface area (Å²) in [7, 11) is 1.76. The van der Waals surface area contributed by atoms with Crippen molar-refractivity contribution in [1.29, 1.82) is 0 Å². The number of benzene rings is 1. The Morgan fingerprint density at radius 3 is 2.44 bits per heavy atom. The van der Waals surface area contributed by atoms with Gasteiger partial charge in [-0.2, -0.15) is 0 Å². The van der Waals surface area contributed by atoms with Gasteiger partial charge in [-0.15, -0.1) is 0 Å². The molecule has 2 nitrogen and oxygen atoms in total. The van der Waals surface area contributed by atoms with E-state index in [1.165, 1.54) is 36.8 Å². The van der Waals surface area contributed by atoms with E-state index >= 15 is 0 Å². The maximum atomic E-state index is 6.05. The molecule has 1 saturated carbocycles. The summed E-state index contributed by atoms with van der Waals surface area (Å²) in [6, 6.07) is 6.69. The molecule has 0 aliphatic heterocycles. The van der Waals surface area contributed by atoms with Crippen molar-refractivity contribution >= 4 is 0 Å². The predicted octanol–water partition coefficient (Wildman–Crippen LogP) is 3.59. The Balaban J connectivity index is 2.40. The van der Waals surface area contributed by atoms with Crippen LogP contribution in [0.15, 0.2) is 18.2 Å². The molecular weight excluding hydrogens is 222 g/mol. The molecule has 0 saturated heterocycles. The van der Waals surface area contributed by atoms with Gasteiger partial charge in [-0.1, -0.05) is 38.8 Å². The number of nitrogens with two attached hydrogens (primary N) is 1. The molecule has 0 amide bonds. The molecule has 18 heavy (non-hydrogen) atoms. The fourth-order valence-corrected chi connectivity index (χ4v) is 3.18. The van der Waals surface area contributed by atoms with Gasteiger partial charge in [-0.05, 0) is 36.0 Å². The summed E-state index contributed by atoms with van der Waals surface area (Å²) in [5.41, 5.74) is 8.89. The quantitative estimate of drug-likeness (QED) is 0.882. The Kier molecular flexibility index (Phi) is 3.96. The van der Waals surface area contributed by atoms with E-state index in [2.05, 4.69) is 32.0 Å². The zero-order valence-corrected chi connectivity index (χ0v) is 11.8. The van der Waals surface area contributed by atoms with Crippen molar-refractivity contribution in [2.24, 2.45) is 5.73 Å². The smallest absolute Gasteiger partial charge is 0.122 e. The minimum Gasteiger partial charge on any atom is -0.496 e. The molecule has 0 spiro atoms. The van der Waals surface area contributed by atoms with E-state index in [1.54, 1.807) is 7.11 Å². The van der Waals surface area contributed by atoms with Crippen LogP contribution in [0.25, 0.3) is 0 Å². The van der Waals surface area contributed by atoms with E-state index in [9.17, 15) is 0 Å². The normalized spacial score (nSPS) is 18.3.